The third-order valence-corrected chi connectivity index (χ3v) is 8.30. The summed E-state index contributed by atoms with van der Waals surface area (Å²) >= 11 is 0. The van der Waals surface area contributed by atoms with Crippen molar-refractivity contribution in [2.24, 2.45) is 5.92 Å². The Morgan fingerprint density at radius 2 is 1.53 bits per heavy atom. The molecule has 14 nitrogen and oxygen atoms in total. The topological polar surface area (TPSA) is 177 Å². The second kappa shape index (κ2) is 19.2. The van der Waals surface area contributed by atoms with Crippen LogP contribution in [0.15, 0.2) is 30.3 Å². The quantitative estimate of drug-likeness (QED) is 0.104. The van der Waals surface area contributed by atoms with E-state index in [1.807, 2.05) is 0 Å². The number of nitrogens with zero attached hydrogens (tertiary/aromatic N) is 1. The monoisotopic (exact) mass is 733 g/mol. The summed E-state index contributed by atoms with van der Waals surface area (Å²) in [5.74, 6) is -5.31. The number of carbonyl (C=O) groups is 5. The second-order valence-corrected chi connectivity index (χ2v) is 13.0. The van der Waals surface area contributed by atoms with Gasteiger partial charge in [-0.15, -0.1) is 0 Å². The molecule has 2 fully saturated rings. The third-order valence-electron chi connectivity index (χ3n) is 8.30. The Bertz CT molecular complexity index is 1330. The van der Waals surface area contributed by atoms with Crippen LogP contribution in [0, 0.1) is 5.92 Å². The minimum atomic E-state index is -4.37. The van der Waals surface area contributed by atoms with E-state index < -0.39 is 78.5 Å². The van der Waals surface area contributed by atoms with Crippen LogP contribution < -0.4 is 21.3 Å². The van der Waals surface area contributed by atoms with E-state index in [1.165, 1.54) is 6.92 Å². The molecule has 5 atom stereocenters. The Balaban J connectivity index is 1.81. The number of epoxide rings is 1. The number of ether oxygens (including phenoxy) is 4. The van der Waals surface area contributed by atoms with Crippen molar-refractivity contribution in [3.63, 3.8) is 0 Å². The number of aryl methyl sites for hydroxylation is 1. The van der Waals surface area contributed by atoms with Crippen LogP contribution in [0.4, 0.5) is 17.6 Å². The minimum Gasteiger partial charge on any atom is -0.379 e. The molecule has 51 heavy (non-hydrogen) atoms. The standard InChI is InChI=1S/C33H47F4N5O9/c1-20(2)16-23(27(44)32(3)19-51-32)39-30(47)26(33(36,37)48-4)41-29(46)24(18-50-31(34)35)40-28(45)22(11-10-21-8-6-5-7-9-21)38-25(43)17-42-12-14-49-15-13-42/h5-9,20,22-24,26,31H,10-19H2,1-4H3,(H,38,43)(H,39,47)(H,40,45)(H,41,46)/t22-,23-,24-,26-,32+/m0/s1. The molecule has 2 heterocycles. The molecule has 0 radical (unpaired) electrons. The van der Waals surface area contributed by atoms with Gasteiger partial charge >= 0.3 is 12.7 Å². The van der Waals surface area contributed by atoms with Crippen LogP contribution in [-0.4, -0.2) is 130 Å². The maximum Gasteiger partial charge on any atom is 0.384 e. The van der Waals surface area contributed by atoms with Crippen molar-refractivity contribution in [3.8, 4) is 0 Å². The lowest BCUT2D eigenvalue weighted by Gasteiger charge is -2.30. The van der Waals surface area contributed by atoms with Crippen molar-refractivity contribution < 1.29 is 60.5 Å². The minimum absolute atomic E-state index is 0.00935. The highest BCUT2D eigenvalue weighted by atomic mass is 19.3. The lowest BCUT2D eigenvalue weighted by atomic mass is 9.93. The lowest BCUT2D eigenvalue weighted by molar-refractivity contribution is -0.238. The molecule has 4 amide bonds. The first-order chi connectivity index (χ1) is 24.0. The molecule has 2 aliphatic rings. The molecular weight excluding hydrogens is 686 g/mol. The van der Waals surface area contributed by atoms with E-state index in [0.717, 1.165) is 5.56 Å². The number of hydrogen-bond donors (Lipinski definition) is 4. The molecule has 0 spiro atoms. The van der Waals surface area contributed by atoms with Crippen LogP contribution >= 0.6 is 0 Å². The molecule has 1 aromatic carbocycles. The Morgan fingerprint density at radius 1 is 0.922 bits per heavy atom. The van der Waals surface area contributed by atoms with Gasteiger partial charge in [-0.25, -0.2) is 0 Å². The number of carbonyl (C=O) groups excluding carboxylic acids is 5. The number of rotatable bonds is 21. The SMILES string of the molecule is COC(F)(F)[C@@H](NC(=O)[C@H](COC(F)F)NC(=O)[C@H](CCc1ccccc1)NC(=O)CN1CCOCC1)C(=O)N[C@@H](CC(C)C)C(=O)[C@@]1(C)CO1. The average Bonchev–Trinajstić information content (AvgIpc) is 3.84. The summed E-state index contributed by atoms with van der Waals surface area (Å²) in [6.45, 7) is 2.09. The summed E-state index contributed by atoms with van der Waals surface area (Å²) in [5.41, 5.74) is -0.411. The molecule has 0 unspecified atom stereocenters. The number of methoxy groups -OCH3 is 1. The third kappa shape index (κ3) is 13.4. The summed E-state index contributed by atoms with van der Waals surface area (Å²) < 4.78 is 75.3. The number of morpholine rings is 1. The van der Waals surface area contributed by atoms with E-state index in [2.05, 4.69) is 25.4 Å². The summed E-state index contributed by atoms with van der Waals surface area (Å²) in [6, 6.07) is 1.50. The van der Waals surface area contributed by atoms with Gasteiger partial charge in [-0.1, -0.05) is 44.2 Å². The van der Waals surface area contributed by atoms with Gasteiger partial charge in [-0.05, 0) is 37.7 Å². The number of hydrogen-bond acceptors (Lipinski definition) is 10. The summed E-state index contributed by atoms with van der Waals surface area (Å²) in [6.07, 6.45) is -4.03. The van der Waals surface area contributed by atoms with E-state index in [0.29, 0.717) is 33.4 Å². The smallest absolute Gasteiger partial charge is 0.379 e. The largest absolute Gasteiger partial charge is 0.384 e. The van der Waals surface area contributed by atoms with Gasteiger partial charge < -0.3 is 40.2 Å². The predicted octanol–water partition coefficient (Wildman–Crippen LogP) is 0.773. The highest BCUT2D eigenvalue weighted by molar-refractivity contribution is 5.99. The molecule has 3 rings (SSSR count). The first kappa shape index (κ1) is 41.7. The zero-order valence-electron chi connectivity index (χ0n) is 29.1. The van der Waals surface area contributed by atoms with E-state index in [9.17, 15) is 32.8 Å². The van der Waals surface area contributed by atoms with Gasteiger partial charge in [0.1, 0.15) is 17.7 Å². The van der Waals surface area contributed by atoms with Crippen LogP contribution in [-0.2, 0) is 49.3 Å². The maximum atomic E-state index is 15.0. The fourth-order valence-electron chi connectivity index (χ4n) is 5.29. The van der Waals surface area contributed by atoms with Gasteiger partial charge in [0, 0.05) is 20.2 Å². The highest BCUT2D eigenvalue weighted by Gasteiger charge is 2.52. The number of amides is 4. The zero-order chi connectivity index (χ0) is 37.8. The molecule has 0 aliphatic carbocycles. The van der Waals surface area contributed by atoms with E-state index in [4.69, 9.17) is 9.47 Å². The molecule has 0 saturated carbocycles. The fourth-order valence-corrected chi connectivity index (χ4v) is 5.29. The van der Waals surface area contributed by atoms with Crippen molar-refractivity contribution in [2.75, 3.05) is 53.2 Å². The molecule has 4 N–H and O–H groups in total. The first-order valence-electron chi connectivity index (χ1n) is 16.6. The summed E-state index contributed by atoms with van der Waals surface area (Å²) in [7, 11) is 0.568. The maximum absolute atomic E-state index is 15.0. The Labute approximate surface area is 293 Å². The van der Waals surface area contributed by atoms with Crippen molar-refractivity contribution in [1.29, 1.82) is 0 Å². The second-order valence-electron chi connectivity index (χ2n) is 13.0. The number of alkyl halides is 4. The van der Waals surface area contributed by atoms with E-state index in [-0.39, 0.29) is 38.3 Å². The molecule has 18 heteroatoms. The number of benzene rings is 1. The van der Waals surface area contributed by atoms with Crippen molar-refractivity contribution in [2.45, 2.75) is 82.5 Å². The molecule has 2 saturated heterocycles. The van der Waals surface area contributed by atoms with Crippen molar-refractivity contribution in [3.05, 3.63) is 35.9 Å². The van der Waals surface area contributed by atoms with Gasteiger partial charge in [0.2, 0.25) is 17.7 Å². The molecule has 0 bridgehead atoms. The predicted molar refractivity (Wildman–Crippen MR) is 172 cm³/mol. The van der Waals surface area contributed by atoms with Crippen LogP contribution in [0.3, 0.4) is 0 Å². The van der Waals surface area contributed by atoms with Gasteiger partial charge in [-0.3, -0.25) is 28.9 Å². The van der Waals surface area contributed by atoms with Crippen LogP contribution in [0.1, 0.15) is 39.2 Å². The number of nitrogens with one attached hydrogen (secondary N) is 4. The van der Waals surface area contributed by atoms with Gasteiger partial charge in [-0.2, -0.15) is 17.6 Å². The average molecular weight is 734 g/mol. The first-order valence-corrected chi connectivity index (χ1v) is 16.6. The van der Waals surface area contributed by atoms with Gasteiger partial charge in [0.15, 0.2) is 11.8 Å². The lowest BCUT2D eigenvalue weighted by Crippen LogP contribution is -2.64. The fraction of sp³-hybridized carbons (Fsp3) is 0.667. The molecule has 0 aromatic heterocycles. The molecular formula is C33H47F4N5O9. The van der Waals surface area contributed by atoms with Crippen molar-refractivity contribution >= 4 is 29.4 Å². The number of halogens is 4. The van der Waals surface area contributed by atoms with E-state index >= 15 is 8.78 Å². The summed E-state index contributed by atoms with van der Waals surface area (Å²) in [5, 5.41) is 8.80. The van der Waals surface area contributed by atoms with Gasteiger partial charge in [0.25, 0.3) is 5.91 Å². The Morgan fingerprint density at radius 3 is 2.10 bits per heavy atom. The normalized spacial score (nSPS) is 20.2. The summed E-state index contributed by atoms with van der Waals surface area (Å²) in [4.78, 5) is 68.0. The Kier molecular flexibility index (Phi) is 15.7. The number of Topliss-reactive ketones (excluding diaryl/α,β-unsaturated/α-hetero) is 1. The highest BCUT2D eigenvalue weighted by Crippen LogP contribution is 2.30. The molecule has 1 aromatic rings. The zero-order valence-corrected chi connectivity index (χ0v) is 29.1. The number of ketones is 1. The van der Waals surface area contributed by atoms with Crippen molar-refractivity contribution in [1.82, 2.24) is 26.2 Å². The van der Waals surface area contributed by atoms with Crippen LogP contribution in [0.25, 0.3) is 0 Å². The van der Waals surface area contributed by atoms with Crippen LogP contribution in [0.2, 0.25) is 0 Å². The van der Waals surface area contributed by atoms with Crippen LogP contribution in [0.5, 0.6) is 0 Å². The Hall–Kier alpha value is -3.71. The molecule has 286 valence electrons. The van der Waals surface area contributed by atoms with Gasteiger partial charge in [0.05, 0.1) is 39.0 Å². The van der Waals surface area contributed by atoms with E-state index in [1.54, 1.807) is 54.4 Å². The molecule has 2 aliphatic heterocycles.